The van der Waals surface area contributed by atoms with Crippen molar-refractivity contribution in [3.05, 3.63) is 46.5 Å². The van der Waals surface area contributed by atoms with Crippen LogP contribution in [0.4, 0.5) is 0 Å². The molecule has 21 heavy (non-hydrogen) atoms. The third-order valence-corrected chi connectivity index (χ3v) is 5.90. The fourth-order valence-electron chi connectivity index (χ4n) is 2.73. The molecular weight excluding hydrogens is 350 g/mol. The van der Waals surface area contributed by atoms with Gasteiger partial charge in [-0.1, -0.05) is 60.1 Å². The number of benzene rings is 1. The monoisotopic (exact) mass is 371 g/mol. The zero-order valence-corrected chi connectivity index (χ0v) is 15.1. The Morgan fingerprint density at radius 1 is 1.33 bits per heavy atom. The van der Waals surface area contributed by atoms with Crippen molar-refractivity contribution in [2.75, 3.05) is 6.26 Å². The topological polar surface area (TPSA) is 37.4 Å². The molecule has 0 radical (unpaired) electrons. The zero-order valence-electron chi connectivity index (χ0n) is 12.7. The van der Waals surface area contributed by atoms with Crippen molar-refractivity contribution in [1.29, 1.82) is 0 Å². The van der Waals surface area contributed by atoms with Gasteiger partial charge in [-0.3, -0.25) is 0 Å². The molecule has 116 valence electrons. The van der Waals surface area contributed by atoms with E-state index in [1.165, 1.54) is 6.26 Å². The molecule has 5 heteroatoms. The van der Waals surface area contributed by atoms with E-state index in [4.69, 9.17) is 0 Å². The second-order valence-corrected chi connectivity index (χ2v) is 9.26. The Labute approximate surface area is 136 Å². The van der Waals surface area contributed by atoms with Crippen molar-refractivity contribution in [1.82, 2.24) is 4.31 Å². The minimum Gasteiger partial charge on any atom is -0.212 e. The summed E-state index contributed by atoms with van der Waals surface area (Å²) in [4.78, 5) is 0. The van der Waals surface area contributed by atoms with Crippen LogP contribution in [0.15, 0.2) is 40.9 Å². The maximum Gasteiger partial charge on any atom is 0.212 e. The summed E-state index contributed by atoms with van der Waals surface area (Å²) in [6, 6.07) is 7.69. The second-order valence-electron chi connectivity index (χ2n) is 6.47. The molecule has 0 amide bonds. The Balaban J connectivity index is 2.31. The molecular formula is C16H22BrNO2S. The van der Waals surface area contributed by atoms with Crippen molar-refractivity contribution in [2.24, 2.45) is 5.41 Å². The van der Waals surface area contributed by atoms with Crippen LogP contribution in [0.1, 0.15) is 32.3 Å². The molecule has 0 spiro atoms. The van der Waals surface area contributed by atoms with Gasteiger partial charge in [0.2, 0.25) is 10.0 Å². The van der Waals surface area contributed by atoms with Gasteiger partial charge in [-0.25, -0.2) is 8.42 Å². The minimum atomic E-state index is -3.27. The van der Waals surface area contributed by atoms with Gasteiger partial charge in [0.15, 0.2) is 0 Å². The van der Waals surface area contributed by atoms with Gasteiger partial charge >= 0.3 is 0 Å². The van der Waals surface area contributed by atoms with Crippen molar-refractivity contribution in [3.8, 4) is 0 Å². The lowest BCUT2D eigenvalue weighted by Gasteiger charge is -2.37. The Morgan fingerprint density at radius 3 is 2.57 bits per heavy atom. The number of rotatable bonds is 4. The number of allylic oxidation sites excluding steroid dienone is 1. The van der Waals surface area contributed by atoms with E-state index in [1.807, 2.05) is 30.3 Å². The molecule has 0 fully saturated rings. The summed E-state index contributed by atoms with van der Waals surface area (Å²) in [6.07, 6.45) is 7.27. The lowest BCUT2D eigenvalue weighted by Crippen LogP contribution is -2.41. The predicted octanol–water partition coefficient (Wildman–Crippen LogP) is 3.96. The van der Waals surface area contributed by atoms with Crippen LogP contribution in [0.3, 0.4) is 0 Å². The molecule has 1 aromatic rings. The number of hydrogen-bond donors (Lipinski definition) is 0. The number of nitrogens with zero attached hydrogens (tertiary/aromatic N) is 1. The predicted molar refractivity (Wildman–Crippen MR) is 90.5 cm³/mol. The highest BCUT2D eigenvalue weighted by Crippen LogP contribution is 2.35. The van der Waals surface area contributed by atoms with E-state index in [2.05, 4.69) is 35.9 Å². The van der Waals surface area contributed by atoms with E-state index in [0.717, 1.165) is 22.9 Å². The Kier molecular flexibility index (Phi) is 4.96. The summed E-state index contributed by atoms with van der Waals surface area (Å²) in [5.41, 5.74) is 1.12. The largest absolute Gasteiger partial charge is 0.212 e. The van der Waals surface area contributed by atoms with Crippen molar-refractivity contribution < 1.29 is 8.42 Å². The van der Waals surface area contributed by atoms with Crippen LogP contribution in [-0.4, -0.2) is 25.0 Å². The summed E-state index contributed by atoms with van der Waals surface area (Å²) in [7, 11) is -3.27. The highest BCUT2D eigenvalue weighted by atomic mass is 79.9. The molecule has 3 nitrogen and oxygen atoms in total. The molecule has 1 aliphatic carbocycles. The number of halogens is 1. The van der Waals surface area contributed by atoms with E-state index in [-0.39, 0.29) is 11.5 Å². The molecule has 0 N–H and O–H groups in total. The van der Waals surface area contributed by atoms with Gasteiger partial charge in [-0.15, -0.1) is 0 Å². The summed E-state index contributed by atoms with van der Waals surface area (Å²) in [6.45, 7) is 4.76. The van der Waals surface area contributed by atoms with Crippen molar-refractivity contribution in [2.45, 2.75) is 39.3 Å². The summed E-state index contributed by atoms with van der Waals surface area (Å²) in [5.74, 6) is 0. The first-order chi connectivity index (χ1) is 9.69. The van der Waals surface area contributed by atoms with Gasteiger partial charge in [-0.2, -0.15) is 4.31 Å². The van der Waals surface area contributed by atoms with Gasteiger partial charge in [0.25, 0.3) is 0 Å². The third-order valence-electron chi connectivity index (χ3n) is 3.87. The molecule has 1 unspecified atom stereocenters. The van der Waals surface area contributed by atoms with Crippen LogP contribution in [0.5, 0.6) is 0 Å². The highest BCUT2D eigenvalue weighted by Gasteiger charge is 2.32. The van der Waals surface area contributed by atoms with Gasteiger partial charge in [0, 0.05) is 17.1 Å². The van der Waals surface area contributed by atoms with Gasteiger partial charge in [0.1, 0.15) is 0 Å². The molecule has 0 aromatic heterocycles. The van der Waals surface area contributed by atoms with Crippen LogP contribution in [0.2, 0.25) is 0 Å². The zero-order chi connectivity index (χ0) is 15.7. The molecule has 0 aliphatic heterocycles. The molecule has 1 atom stereocenters. The average Bonchev–Trinajstić information content (AvgIpc) is 2.35. The second kappa shape index (κ2) is 6.23. The summed E-state index contributed by atoms with van der Waals surface area (Å²) < 4.78 is 27.0. The first kappa shape index (κ1) is 16.7. The van der Waals surface area contributed by atoms with Crippen LogP contribution >= 0.6 is 15.9 Å². The average molecular weight is 372 g/mol. The fourth-order valence-corrected chi connectivity index (χ4v) is 4.15. The molecule has 1 aromatic carbocycles. The molecule has 1 aliphatic rings. The molecule has 0 bridgehead atoms. The minimum absolute atomic E-state index is 0.0733. The van der Waals surface area contributed by atoms with Crippen LogP contribution in [0.25, 0.3) is 0 Å². The summed E-state index contributed by atoms with van der Waals surface area (Å²) >= 11 is 3.50. The van der Waals surface area contributed by atoms with E-state index >= 15 is 0 Å². The smallest absolute Gasteiger partial charge is 0.212 e. The lowest BCUT2D eigenvalue weighted by atomic mass is 9.79. The number of hydrogen-bond acceptors (Lipinski definition) is 2. The number of sulfonamides is 1. The summed E-state index contributed by atoms with van der Waals surface area (Å²) in [5, 5.41) is 0. The first-order valence-corrected chi connectivity index (χ1v) is 9.70. The van der Waals surface area contributed by atoms with Gasteiger partial charge < -0.3 is 0 Å². The van der Waals surface area contributed by atoms with Crippen LogP contribution in [0, 0.1) is 5.41 Å². The quantitative estimate of drug-likeness (QED) is 0.751. The normalized spacial score (nSPS) is 21.7. The Hall–Kier alpha value is -0.650. The molecule has 0 saturated carbocycles. The maximum absolute atomic E-state index is 12.2. The third kappa shape index (κ3) is 4.41. The van der Waals surface area contributed by atoms with E-state index in [1.54, 1.807) is 4.31 Å². The molecule has 0 saturated heterocycles. The lowest BCUT2D eigenvalue weighted by molar-refractivity contribution is 0.231. The SMILES string of the molecule is CC1(C)CC=CC(N(Cc2ccccc2Br)S(C)(=O)=O)C1. The van der Waals surface area contributed by atoms with Crippen molar-refractivity contribution >= 4 is 26.0 Å². The standard InChI is InChI=1S/C16H22BrNO2S/c1-16(2)10-6-8-14(11-16)18(21(3,19)20)12-13-7-4-5-9-15(13)17/h4-9,14H,10-12H2,1-3H3. The highest BCUT2D eigenvalue weighted by molar-refractivity contribution is 9.10. The van der Waals surface area contributed by atoms with Crippen LogP contribution in [-0.2, 0) is 16.6 Å². The van der Waals surface area contributed by atoms with E-state index in [9.17, 15) is 8.42 Å². The molecule has 0 heterocycles. The molecule has 2 rings (SSSR count). The fraction of sp³-hybridized carbons (Fsp3) is 0.500. The van der Waals surface area contributed by atoms with Gasteiger partial charge in [0.05, 0.1) is 6.26 Å². The van der Waals surface area contributed by atoms with Crippen molar-refractivity contribution in [3.63, 3.8) is 0 Å². The van der Waals surface area contributed by atoms with Gasteiger partial charge in [-0.05, 0) is 29.9 Å². The Morgan fingerprint density at radius 2 is 2.00 bits per heavy atom. The maximum atomic E-state index is 12.2. The Bertz CT molecular complexity index is 637. The van der Waals surface area contributed by atoms with E-state index in [0.29, 0.717) is 6.54 Å². The first-order valence-electron chi connectivity index (χ1n) is 7.06. The van der Waals surface area contributed by atoms with Crippen LogP contribution < -0.4 is 0 Å². The van der Waals surface area contributed by atoms with E-state index < -0.39 is 10.0 Å².